The highest BCUT2D eigenvalue weighted by molar-refractivity contribution is 5.87. The molecule has 0 heterocycles. The number of carbonyl (C=O) groups excluding carboxylic acids is 2. The van der Waals surface area contributed by atoms with Crippen molar-refractivity contribution in [3.63, 3.8) is 0 Å². The molecule has 6 nitrogen and oxygen atoms in total. The number of likely N-dealkylation sites (N-methyl/N-ethyl adjacent to an activating group) is 1. The monoisotopic (exact) mass is 279 g/mol. The van der Waals surface area contributed by atoms with Crippen LogP contribution in [0.15, 0.2) is 24.3 Å². The molecule has 1 atom stereocenters. The molecule has 0 radical (unpaired) electrons. The van der Waals surface area contributed by atoms with Gasteiger partial charge in [-0.05, 0) is 38.1 Å². The van der Waals surface area contributed by atoms with Crippen LogP contribution in [0.25, 0.3) is 0 Å². The molecule has 0 aliphatic heterocycles. The molecule has 0 aromatic heterocycles. The van der Waals surface area contributed by atoms with Gasteiger partial charge in [0.05, 0.1) is 0 Å². The topological polar surface area (TPSA) is 84.7 Å². The molecule has 0 saturated carbocycles. The molecule has 1 aromatic rings. The minimum Gasteiger partial charge on any atom is -0.484 e. The van der Waals surface area contributed by atoms with E-state index in [1.165, 1.54) is 0 Å². The van der Waals surface area contributed by atoms with Crippen molar-refractivity contribution in [3.8, 4) is 5.75 Å². The van der Waals surface area contributed by atoms with Crippen molar-refractivity contribution in [2.24, 2.45) is 0 Å². The molecule has 1 unspecified atom stereocenters. The number of amides is 2. The first kappa shape index (κ1) is 15.8. The lowest BCUT2D eigenvalue weighted by Gasteiger charge is -2.20. The van der Waals surface area contributed by atoms with E-state index >= 15 is 0 Å². The van der Waals surface area contributed by atoms with E-state index in [0.717, 1.165) is 0 Å². The molecule has 2 amide bonds. The average molecular weight is 279 g/mol. The van der Waals surface area contributed by atoms with Gasteiger partial charge in [0.1, 0.15) is 11.8 Å². The normalized spacial score (nSPS) is 11.6. The fraction of sp³-hybridized carbons (Fsp3) is 0.429. The van der Waals surface area contributed by atoms with E-state index in [9.17, 15) is 9.59 Å². The lowest BCUT2D eigenvalue weighted by Crippen LogP contribution is -2.46. The van der Waals surface area contributed by atoms with Crippen LogP contribution in [0, 0.1) is 0 Å². The third-order valence-electron chi connectivity index (χ3n) is 2.85. The maximum Gasteiger partial charge on any atom is 0.258 e. The van der Waals surface area contributed by atoms with Crippen LogP contribution < -0.4 is 15.8 Å². The van der Waals surface area contributed by atoms with Gasteiger partial charge in [0, 0.05) is 19.3 Å². The Morgan fingerprint density at radius 1 is 1.35 bits per heavy atom. The molecule has 0 bridgehead atoms. The molecule has 1 rings (SSSR count). The number of carbonyl (C=O) groups is 2. The number of benzene rings is 1. The second-order valence-corrected chi connectivity index (χ2v) is 4.50. The lowest BCUT2D eigenvalue weighted by molar-refractivity contribution is -0.135. The number of nitrogens with one attached hydrogen (secondary N) is 1. The summed E-state index contributed by atoms with van der Waals surface area (Å²) in [7, 11) is 1.69. The van der Waals surface area contributed by atoms with Gasteiger partial charge >= 0.3 is 0 Å². The van der Waals surface area contributed by atoms with E-state index in [1.54, 1.807) is 43.1 Å². The molecule has 20 heavy (non-hydrogen) atoms. The molecule has 0 aliphatic rings. The van der Waals surface area contributed by atoms with Gasteiger partial charge in [0.15, 0.2) is 6.61 Å². The summed E-state index contributed by atoms with van der Waals surface area (Å²) in [6, 6.07) is 6.18. The first-order valence-electron chi connectivity index (χ1n) is 6.46. The van der Waals surface area contributed by atoms with Crippen LogP contribution in [0.4, 0.5) is 5.69 Å². The van der Waals surface area contributed by atoms with E-state index in [-0.39, 0.29) is 18.4 Å². The number of anilines is 1. The number of ether oxygens (including phenoxy) is 1. The van der Waals surface area contributed by atoms with Gasteiger partial charge in [-0.15, -0.1) is 0 Å². The van der Waals surface area contributed by atoms with E-state index in [4.69, 9.17) is 10.5 Å². The molecule has 0 fully saturated rings. The number of hydrogen-bond acceptors (Lipinski definition) is 4. The highest BCUT2D eigenvalue weighted by Gasteiger charge is 2.18. The van der Waals surface area contributed by atoms with Gasteiger partial charge in [0.25, 0.3) is 5.91 Å². The maximum absolute atomic E-state index is 11.8. The first-order chi connectivity index (χ1) is 9.43. The average Bonchev–Trinajstić information content (AvgIpc) is 2.44. The third-order valence-corrected chi connectivity index (χ3v) is 2.85. The van der Waals surface area contributed by atoms with Crippen molar-refractivity contribution in [1.82, 2.24) is 10.2 Å². The summed E-state index contributed by atoms with van der Waals surface area (Å²) in [6.45, 7) is 3.98. The van der Waals surface area contributed by atoms with Gasteiger partial charge in [-0.2, -0.15) is 0 Å². The Morgan fingerprint density at radius 3 is 2.50 bits per heavy atom. The summed E-state index contributed by atoms with van der Waals surface area (Å²) in [5, 5.41) is 2.60. The molecular formula is C14H21N3O3. The fourth-order valence-corrected chi connectivity index (χ4v) is 1.54. The zero-order valence-electron chi connectivity index (χ0n) is 12.1. The van der Waals surface area contributed by atoms with E-state index < -0.39 is 6.04 Å². The number of nitrogen functional groups attached to an aromatic ring is 1. The summed E-state index contributed by atoms with van der Waals surface area (Å²) in [4.78, 5) is 25.0. The fourth-order valence-electron chi connectivity index (χ4n) is 1.54. The minimum atomic E-state index is -0.567. The lowest BCUT2D eigenvalue weighted by atomic mass is 10.3. The van der Waals surface area contributed by atoms with Crippen LogP contribution in [-0.2, 0) is 9.59 Å². The summed E-state index contributed by atoms with van der Waals surface area (Å²) in [5.74, 6) is 0.0829. The second-order valence-electron chi connectivity index (χ2n) is 4.50. The maximum atomic E-state index is 11.8. The van der Waals surface area contributed by atoms with Crippen LogP contribution in [0.3, 0.4) is 0 Å². The van der Waals surface area contributed by atoms with Crippen LogP contribution in [0.2, 0.25) is 0 Å². The van der Waals surface area contributed by atoms with E-state index in [1.807, 2.05) is 6.92 Å². The predicted octanol–water partition coefficient (Wildman–Crippen LogP) is 0.631. The molecule has 110 valence electrons. The van der Waals surface area contributed by atoms with Gasteiger partial charge < -0.3 is 20.7 Å². The Labute approximate surface area is 118 Å². The minimum absolute atomic E-state index is 0.131. The molecule has 1 aromatic carbocycles. The van der Waals surface area contributed by atoms with Crippen molar-refractivity contribution in [1.29, 1.82) is 0 Å². The Hall–Kier alpha value is -2.24. The highest BCUT2D eigenvalue weighted by Crippen LogP contribution is 2.12. The highest BCUT2D eigenvalue weighted by atomic mass is 16.5. The van der Waals surface area contributed by atoms with Crippen molar-refractivity contribution in [2.45, 2.75) is 19.9 Å². The Kier molecular flexibility index (Phi) is 5.83. The molecular weight excluding hydrogens is 258 g/mol. The van der Waals surface area contributed by atoms with Crippen LogP contribution in [-0.4, -0.2) is 43.0 Å². The number of rotatable bonds is 6. The van der Waals surface area contributed by atoms with Crippen LogP contribution in [0.5, 0.6) is 5.75 Å². The molecule has 0 saturated heterocycles. The third kappa shape index (κ3) is 4.79. The van der Waals surface area contributed by atoms with Crippen molar-refractivity contribution in [2.75, 3.05) is 25.9 Å². The SMILES string of the molecule is CCN(C)C(=O)C(C)NC(=O)COc1ccc(N)cc1. The quantitative estimate of drug-likeness (QED) is 0.748. The zero-order chi connectivity index (χ0) is 15.1. The van der Waals surface area contributed by atoms with Gasteiger partial charge in [-0.3, -0.25) is 9.59 Å². The number of nitrogens with zero attached hydrogens (tertiary/aromatic N) is 1. The summed E-state index contributed by atoms with van der Waals surface area (Å²) in [5.41, 5.74) is 6.17. The first-order valence-corrected chi connectivity index (χ1v) is 6.46. The Morgan fingerprint density at radius 2 is 1.95 bits per heavy atom. The Balaban J connectivity index is 2.40. The number of hydrogen-bond donors (Lipinski definition) is 2. The summed E-state index contributed by atoms with van der Waals surface area (Å²) in [6.07, 6.45) is 0. The van der Waals surface area contributed by atoms with Gasteiger partial charge in [-0.1, -0.05) is 0 Å². The van der Waals surface area contributed by atoms with Crippen LogP contribution >= 0.6 is 0 Å². The van der Waals surface area contributed by atoms with Crippen LogP contribution in [0.1, 0.15) is 13.8 Å². The number of nitrogens with two attached hydrogens (primary N) is 1. The zero-order valence-corrected chi connectivity index (χ0v) is 12.1. The molecule has 0 aliphatic carbocycles. The van der Waals surface area contributed by atoms with E-state index in [2.05, 4.69) is 5.32 Å². The van der Waals surface area contributed by atoms with E-state index in [0.29, 0.717) is 18.0 Å². The largest absolute Gasteiger partial charge is 0.484 e. The van der Waals surface area contributed by atoms with Crippen molar-refractivity contribution < 1.29 is 14.3 Å². The summed E-state index contributed by atoms with van der Waals surface area (Å²) >= 11 is 0. The molecule has 6 heteroatoms. The Bertz CT molecular complexity index is 459. The molecule has 0 spiro atoms. The molecule has 3 N–H and O–H groups in total. The van der Waals surface area contributed by atoms with Crippen molar-refractivity contribution in [3.05, 3.63) is 24.3 Å². The van der Waals surface area contributed by atoms with Gasteiger partial charge in [-0.25, -0.2) is 0 Å². The predicted molar refractivity (Wildman–Crippen MR) is 77.3 cm³/mol. The summed E-state index contributed by atoms with van der Waals surface area (Å²) < 4.78 is 5.30. The van der Waals surface area contributed by atoms with Gasteiger partial charge in [0.2, 0.25) is 5.91 Å². The standard InChI is InChI=1S/C14H21N3O3/c1-4-17(3)14(19)10(2)16-13(18)9-20-12-7-5-11(15)6-8-12/h5-8,10H,4,9,15H2,1-3H3,(H,16,18). The second kappa shape index (κ2) is 7.37. The smallest absolute Gasteiger partial charge is 0.258 e. The van der Waals surface area contributed by atoms with Crippen molar-refractivity contribution >= 4 is 17.5 Å².